The predicted molar refractivity (Wildman–Crippen MR) is 70.2 cm³/mol. The van der Waals surface area contributed by atoms with Crippen molar-refractivity contribution in [3.8, 4) is 0 Å². The van der Waals surface area contributed by atoms with E-state index in [4.69, 9.17) is 0 Å². The average Bonchev–Trinajstić information content (AvgIpc) is 2.74. The molecule has 0 bridgehead atoms. The molecule has 0 saturated carbocycles. The van der Waals surface area contributed by atoms with Crippen LogP contribution in [-0.4, -0.2) is 35.0 Å². The van der Waals surface area contributed by atoms with Gasteiger partial charge in [0.1, 0.15) is 0 Å². The molecule has 2 unspecified atom stereocenters. The summed E-state index contributed by atoms with van der Waals surface area (Å²) in [4.78, 5) is 25.4. The van der Waals surface area contributed by atoms with E-state index in [2.05, 4.69) is 6.92 Å². The van der Waals surface area contributed by atoms with Crippen molar-refractivity contribution in [1.82, 2.24) is 4.90 Å². The number of carbonyl (C=O) groups is 2. The SMILES string of the molecule is CCCC(C)C(=O)N1CCC(C(=O)O)(C(C)C)C1. The monoisotopic (exact) mass is 255 g/mol. The highest BCUT2D eigenvalue weighted by atomic mass is 16.4. The summed E-state index contributed by atoms with van der Waals surface area (Å²) in [5, 5.41) is 9.44. The van der Waals surface area contributed by atoms with E-state index in [1.165, 1.54) is 0 Å². The van der Waals surface area contributed by atoms with Gasteiger partial charge >= 0.3 is 5.97 Å². The first-order valence-electron chi connectivity index (χ1n) is 6.87. The summed E-state index contributed by atoms with van der Waals surface area (Å²) in [5.41, 5.74) is -0.748. The number of nitrogens with zero attached hydrogens (tertiary/aromatic N) is 1. The van der Waals surface area contributed by atoms with Gasteiger partial charge in [-0.3, -0.25) is 9.59 Å². The van der Waals surface area contributed by atoms with Crippen LogP contribution >= 0.6 is 0 Å². The molecule has 0 aromatic rings. The summed E-state index contributed by atoms with van der Waals surface area (Å²) in [6, 6.07) is 0. The summed E-state index contributed by atoms with van der Waals surface area (Å²) < 4.78 is 0. The maximum atomic E-state index is 12.2. The van der Waals surface area contributed by atoms with E-state index in [9.17, 15) is 14.7 Å². The number of carboxylic acid groups (broad SMARTS) is 1. The molecule has 1 aliphatic heterocycles. The number of rotatable bonds is 5. The van der Waals surface area contributed by atoms with Crippen LogP contribution in [0.25, 0.3) is 0 Å². The van der Waals surface area contributed by atoms with Crippen LogP contribution in [0.2, 0.25) is 0 Å². The molecule has 1 N–H and O–H groups in total. The van der Waals surface area contributed by atoms with Crippen LogP contribution in [0.5, 0.6) is 0 Å². The molecule has 0 aromatic heterocycles. The standard InChI is InChI=1S/C14H25NO3/c1-5-6-11(4)12(16)15-8-7-14(9-15,10(2)3)13(17)18/h10-11H,5-9H2,1-4H3,(H,17,18). The van der Waals surface area contributed by atoms with Crippen molar-refractivity contribution in [3.05, 3.63) is 0 Å². The summed E-state index contributed by atoms with van der Waals surface area (Å²) in [7, 11) is 0. The van der Waals surface area contributed by atoms with Gasteiger partial charge in [-0.15, -0.1) is 0 Å². The quantitative estimate of drug-likeness (QED) is 0.820. The molecule has 104 valence electrons. The molecule has 0 radical (unpaired) electrons. The molecule has 1 heterocycles. The molecule has 0 spiro atoms. The van der Waals surface area contributed by atoms with Gasteiger partial charge in [-0.1, -0.05) is 34.1 Å². The van der Waals surface area contributed by atoms with Crippen molar-refractivity contribution in [2.45, 2.75) is 47.0 Å². The second-order valence-corrected chi connectivity index (χ2v) is 5.82. The van der Waals surface area contributed by atoms with Gasteiger partial charge < -0.3 is 10.0 Å². The van der Waals surface area contributed by atoms with Crippen LogP contribution in [0.3, 0.4) is 0 Å². The van der Waals surface area contributed by atoms with Crippen LogP contribution in [0.1, 0.15) is 47.0 Å². The molecule has 1 fully saturated rings. The zero-order valence-corrected chi connectivity index (χ0v) is 11.9. The Hall–Kier alpha value is -1.06. The molecular weight excluding hydrogens is 230 g/mol. The first-order chi connectivity index (χ1) is 8.35. The van der Waals surface area contributed by atoms with Gasteiger partial charge in [-0.05, 0) is 18.8 Å². The fourth-order valence-corrected chi connectivity index (χ4v) is 2.78. The molecule has 18 heavy (non-hydrogen) atoms. The second kappa shape index (κ2) is 5.72. The topological polar surface area (TPSA) is 57.6 Å². The summed E-state index contributed by atoms with van der Waals surface area (Å²) in [6.07, 6.45) is 2.43. The Morgan fingerprint density at radius 1 is 1.33 bits per heavy atom. The lowest BCUT2D eigenvalue weighted by Gasteiger charge is -2.29. The number of carbonyl (C=O) groups excluding carboxylic acids is 1. The van der Waals surface area contributed by atoms with Crippen molar-refractivity contribution in [1.29, 1.82) is 0 Å². The third-order valence-electron chi connectivity index (χ3n) is 4.29. The summed E-state index contributed by atoms with van der Waals surface area (Å²) in [5.74, 6) is -0.599. The van der Waals surface area contributed by atoms with E-state index in [1.807, 2.05) is 20.8 Å². The minimum Gasteiger partial charge on any atom is -0.481 e. The number of carboxylic acids is 1. The first-order valence-corrected chi connectivity index (χ1v) is 6.87. The van der Waals surface area contributed by atoms with E-state index in [1.54, 1.807) is 4.90 Å². The highest BCUT2D eigenvalue weighted by Gasteiger charge is 2.48. The molecule has 1 aliphatic rings. The molecule has 0 aromatic carbocycles. The lowest BCUT2D eigenvalue weighted by molar-refractivity contribution is -0.151. The third-order valence-corrected chi connectivity index (χ3v) is 4.29. The van der Waals surface area contributed by atoms with Crippen LogP contribution in [0, 0.1) is 17.3 Å². The van der Waals surface area contributed by atoms with Crippen molar-refractivity contribution in [2.75, 3.05) is 13.1 Å². The van der Waals surface area contributed by atoms with E-state index >= 15 is 0 Å². The largest absolute Gasteiger partial charge is 0.481 e. The molecular formula is C14H25NO3. The molecule has 0 aliphatic carbocycles. The maximum Gasteiger partial charge on any atom is 0.311 e. The van der Waals surface area contributed by atoms with Crippen molar-refractivity contribution in [2.24, 2.45) is 17.3 Å². The first kappa shape index (κ1) is 15.0. The Morgan fingerprint density at radius 3 is 2.33 bits per heavy atom. The minimum absolute atomic E-state index is 0.00626. The summed E-state index contributed by atoms with van der Waals surface area (Å²) in [6.45, 7) is 8.80. The molecule has 1 amide bonds. The Kier molecular flexibility index (Phi) is 4.77. The normalized spacial score (nSPS) is 25.5. The molecule has 1 rings (SSSR count). The zero-order chi connectivity index (χ0) is 13.9. The van der Waals surface area contributed by atoms with Gasteiger partial charge in [0.15, 0.2) is 0 Å². The van der Waals surface area contributed by atoms with Crippen LogP contribution in [0.15, 0.2) is 0 Å². The number of hydrogen-bond donors (Lipinski definition) is 1. The smallest absolute Gasteiger partial charge is 0.311 e. The van der Waals surface area contributed by atoms with E-state index in [-0.39, 0.29) is 17.7 Å². The predicted octanol–water partition coefficient (Wildman–Crippen LogP) is 2.38. The molecule has 4 heteroatoms. The van der Waals surface area contributed by atoms with Crippen LogP contribution in [0.4, 0.5) is 0 Å². The fourth-order valence-electron chi connectivity index (χ4n) is 2.78. The van der Waals surface area contributed by atoms with Crippen LogP contribution < -0.4 is 0 Å². The Bertz CT molecular complexity index is 327. The molecule has 1 saturated heterocycles. The highest BCUT2D eigenvalue weighted by molar-refractivity contribution is 5.82. The lowest BCUT2D eigenvalue weighted by atomic mass is 9.76. The van der Waals surface area contributed by atoms with Crippen molar-refractivity contribution in [3.63, 3.8) is 0 Å². The summed E-state index contributed by atoms with van der Waals surface area (Å²) >= 11 is 0. The minimum atomic E-state index is -0.768. The number of hydrogen-bond acceptors (Lipinski definition) is 2. The molecule has 2 atom stereocenters. The van der Waals surface area contributed by atoms with Crippen molar-refractivity contribution < 1.29 is 14.7 Å². The Morgan fingerprint density at radius 2 is 1.94 bits per heavy atom. The fraction of sp³-hybridized carbons (Fsp3) is 0.857. The Balaban J connectivity index is 2.75. The van der Waals surface area contributed by atoms with Gasteiger partial charge in [0.2, 0.25) is 5.91 Å². The van der Waals surface area contributed by atoms with Gasteiger partial charge in [0, 0.05) is 19.0 Å². The van der Waals surface area contributed by atoms with E-state index in [0.29, 0.717) is 19.5 Å². The van der Waals surface area contributed by atoms with Crippen LogP contribution in [-0.2, 0) is 9.59 Å². The number of amides is 1. The van der Waals surface area contributed by atoms with E-state index in [0.717, 1.165) is 12.8 Å². The lowest BCUT2D eigenvalue weighted by Crippen LogP contribution is -2.41. The Labute approximate surface area is 109 Å². The second-order valence-electron chi connectivity index (χ2n) is 5.82. The highest BCUT2D eigenvalue weighted by Crippen LogP contribution is 2.38. The van der Waals surface area contributed by atoms with Gasteiger partial charge in [0.25, 0.3) is 0 Å². The average molecular weight is 255 g/mol. The molecule has 4 nitrogen and oxygen atoms in total. The maximum absolute atomic E-state index is 12.2. The number of aliphatic carboxylic acids is 1. The van der Waals surface area contributed by atoms with Gasteiger partial charge in [-0.25, -0.2) is 0 Å². The van der Waals surface area contributed by atoms with Gasteiger partial charge in [-0.2, -0.15) is 0 Å². The van der Waals surface area contributed by atoms with Crippen molar-refractivity contribution >= 4 is 11.9 Å². The van der Waals surface area contributed by atoms with Gasteiger partial charge in [0.05, 0.1) is 5.41 Å². The zero-order valence-electron chi connectivity index (χ0n) is 11.9. The third kappa shape index (κ3) is 2.68. The van der Waals surface area contributed by atoms with E-state index < -0.39 is 11.4 Å². The number of likely N-dealkylation sites (tertiary alicyclic amines) is 1.